The van der Waals surface area contributed by atoms with Gasteiger partial charge in [0.25, 0.3) is 0 Å². The van der Waals surface area contributed by atoms with E-state index in [1.54, 1.807) is 0 Å². The first-order valence-corrected chi connectivity index (χ1v) is 9.39. The standard InChI is InChI=1S/C14H20N8O3S/c1-20-6-8-21(9-7-20)14-12(13(15)17-18-14)19-22(23)10-2-4-11(5-3-10)26(16,24)25/h2-5H,6-9H2,1H3,(H3,15,17,18)(H2,16,24,25). The Balaban J connectivity index is 1.88. The van der Waals surface area contributed by atoms with Crippen molar-refractivity contribution in [2.45, 2.75) is 4.90 Å². The Morgan fingerprint density at radius 3 is 2.42 bits per heavy atom. The first-order chi connectivity index (χ1) is 12.3. The molecular weight excluding hydrogens is 360 g/mol. The third-order valence-electron chi connectivity index (χ3n) is 4.13. The predicted octanol–water partition coefficient (Wildman–Crippen LogP) is 0.317. The second-order valence-electron chi connectivity index (χ2n) is 6.01. The number of anilines is 2. The maximum atomic E-state index is 12.4. The van der Waals surface area contributed by atoms with Gasteiger partial charge in [-0.05, 0) is 24.0 Å². The van der Waals surface area contributed by atoms with Crippen LogP contribution < -0.4 is 15.8 Å². The number of nitrogens with two attached hydrogens (primary N) is 2. The van der Waals surface area contributed by atoms with Gasteiger partial charge in [0.2, 0.25) is 21.4 Å². The van der Waals surface area contributed by atoms with Crippen LogP contribution in [0.1, 0.15) is 0 Å². The van der Waals surface area contributed by atoms with Crippen molar-refractivity contribution in [3.8, 4) is 0 Å². The number of nitrogens with zero attached hydrogens (tertiary/aromatic N) is 5. The lowest BCUT2D eigenvalue weighted by Gasteiger charge is -2.32. The van der Waals surface area contributed by atoms with Crippen molar-refractivity contribution in [1.29, 1.82) is 0 Å². The molecule has 1 fully saturated rings. The average Bonchev–Trinajstić information content (AvgIpc) is 2.96. The SMILES string of the molecule is CN1CCN(c2n[nH]c(N)c2N=[N+]([O-])c2ccc(S(N)(=O)=O)cc2)CC1. The zero-order valence-electron chi connectivity index (χ0n) is 14.2. The van der Waals surface area contributed by atoms with E-state index >= 15 is 0 Å². The summed E-state index contributed by atoms with van der Waals surface area (Å²) >= 11 is 0. The highest BCUT2D eigenvalue weighted by Crippen LogP contribution is 2.33. The molecule has 140 valence electrons. The molecule has 12 heteroatoms. The van der Waals surface area contributed by atoms with E-state index in [9.17, 15) is 13.6 Å². The van der Waals surface area contributed by atoms with Crippen molar-refractivity contribution in [1.82, 2.24) is 15.1 Å². The summed E-state index contributed by atoms with van der Waals surface area (Å²) < 4.78 is 22.6. The molecule has 2 heterocycles. The summed E-state index contributed by atoms with van der Waals surface area (Å²) in [6, 6.07) is 5.13. The van der Waals surface area contributed by atoms with Crippen LogP contribution in [0.15, 0.2) is 34.3 Å². The van der Waals surface area contributed by atoms with E-state index in [-0.39, 0.29) is 22.1 Å². The van der Waals surface area contributed by atoms with Crippen LogP contribution in [-0.4, -0.2) is 61.6 Å². The summed E-state index contributed by atoms with van der Waals surface area (Å²) in [6.07, 6.45) is 0. The largest absolute Gasteiger partial charge is 0.594 e. The summed E-state index contributed by atoms with van der Waals surface area (Å²) in [4.78, 5) is 4.48. The number of nitrogen functional groups attached to an aromatic ring is 1. The molecule has 0 amide bonds. The number of aromatic nitrogens is 2. The van der Waals surface area contributed by atoms with Crippen LogP contribution in [0.25, 0.3) is 0 Å². The summed E-state index contributed by atoms with van der Waals surface area (Å²) in [5.41, 5.74) is 6.26. The molecule has 2 aromatic rings. The number of H-pyrrole nitrogens is 1. The Morgan fingerprint density at radius 1 is 1.23 bits per heavy atom. The molecule has 0 unspecified atom stereocenters. The number of hydrogen-bond acceptors (Lipinski definition) is 8. The fraction of sp³-hybridized carbons (Fsp3) is 0.357. The maximum Gasteiger partial charge on any atom is 0.245 e. The molecule has 1 aliphatic rings. The second kappa shape index (κ2) is 6.90. The number of likely N-dealkylation sites (N-methyl/N-ethyl adjacent to an activating group) is 1. The van der Waals surface area contributed by atoms with E-state index in [1.165, 1.54) is 24.3 Å². The van der Waals surface area contributed by atoms with Crippen LogP contribution in [0.2, 0.25) is 0 Å². The van der Waals surface area contributed by atoms with Crippen molar-refractivity contribution in [3.63, 3.8) is 0 Å². The van der Waals surface area contributed by atoms with E-state index in [2.05, 4.69) is 20.2 Å². The minimum absolute atomic E-state index is 0.0874. The molecule has 5 N–H and O–H groups in total. The van der Waals surface area contributed by atoms with Crippen LogP contribution in [0.3, 0.4) is 0 Å². The average molecular weight is 380 g/mol. The molecule has 3 rings (SSSR count). The summed E-state index contributed by atoms with van der Waals surface area (Å²) in [5.74, 6) is 0.693. The fourth-order valence-corrected chi connectivity index (χ4v) is 3.10. The lowest BCUT2D eigenvalue weighted by atomic mass is 10.3. The molecule has 0 aliphatic carbocycles. The number of sulfonamides is 1. The van der Waals surface area contributed by atoms with Crippen LogP contribution in [0, 0.1) is 5.21 Å². The third-order valence-corrected chi connectivity index (χ3v) is 5.06. The maximum absolute atomic E-state index is 12.4. The fourth-order valence-electron chi connectivity index (χ4n) is 2.59. The molecule has 11 nitrogen and oxygen atoms in total. The van der Waals surface area contributed by atoms with Gasteiger partial charge in [-0.1, -0.05) is 0 Å². The topological polar surface area (TPSA) is 160 Å². The molecule has 1 aliphatic heterocycles. The molecule has 0 atom stereocenters. The highest BCUT2D eigenvalue weighted by molar-refractivity contribution is 7.89. The number of nitrogens with one attached hydrogen (secondary N) is 1. The van der Waals surface area contributed by atoms with Crippen molar-refractivity contribution in [2.24, 2.45) is 10.3 Å². The summed E-state index contributed by atoms with van der Waals surface area (Å²) in [7, 11) is -1.79. The first-order valence-electron chi connectivity index (χ1n) is 7.85. The van der Waals surface area contributed by atoms with Gasteiger partial charge in [-0.15, -0.1) is 0 Å². The van der Waals surface area contributed by atoms with Gasteiger partial charge in [0.1, 0.15) is 0 Å². The molecule has 1 saturated heterocycles. The van der Waals surface area contributed by atoms with Crippen LogP contribution in [-0.2, 0) is 10.0 Å². The lowest BCUT2D eigenvalue weighted by molar-refractivity contribution is -0.435. The summed E-state index contributed by atoms with van der Waals surface area (Å²) in [6.45, 7) is 3.21. The molecule has 0 radical (unpaired) electrons. The lowest BCUT2D eigenvalue weighted by Crippen LogP contribution is -2.44. The summed E-state index contributed by atoms with van der Waals surface area (Å²) in [5, 5.41) is 28.2. The smallest absolute Gasteiger partial charge is 0.245 e. The van der Waals surface area contributed by atoms with Gasteiger partial charge in [-0.3, -0.25) is 5.10 Å². The third kappa shape index (κ3) is 3.76. The van der Waals surface area contributed by atoms with Crippen molar-refractivity contribution in [3.05, 3.63) is 29.5 Å². The molecule has 0 bridgehead atoms. The highest BCUT2D eigenvalue weighted by Gasteiger charge is 2.23. The number of primary sulfonamides is 1. The number of aromatic amines is 1. The van der Waals surface area contributed by atoms with Crippen molar-refractivity contribution in [2.75, 3.05) is 43.9 Å². The van der Waals surface area contributed by atoms with E-state index < -0.39 is 10.0 Å². The monoisotopic (exact) mass is 380 g/mol. The molecule has 1 aromatic heterocycles. The zero-order chi connectivity index (χ0) is 18.9. The minimum atomic E-state index is -3.82. The predicted molar refractivity (Wildman–Crippen MR) is 95.9 cm³/mol. The van der Waals surface area contributed by atoms with Crippen LogP contribution >= 0.6 is 0 Å². The zero-order valence-corrected chi connectivity index (χ0v) is 15.0. The van der Waals surface area contributed by atoms with Gasteiger partial charge in [-0.2, -0.15) is 5.10 Å². The molecule has 0 spiro atoms. The quantitative estimate of drug-likeness (QED) is 0.391. The first kappa shape index (κ1) is 18.1. The number of azo groups is 1. The molecular formula is C14H20N8O3S. The molecule has 0 saturated carbocycles. The van der Waals surface area contributed by atoms with Crippen molar-refractivity contribution < 1.29 is 13.3 Å². The van der Waals surface area contributed by atoms with E-state index in [0.717, 1.165) is 26.2 Å². The molecule has 26 heavy (non-hydrogen) atoms. The normalized spacial score (nSPS) is 16.8. The van der Waals surface area contributed by atoms with Crippen LogP contribution in [0.4, 0.5) is 23.0 Å². The van der Waals surface area contributed by atoms with E-state index in [1.807, 2.05) is 11.9 Å². The highest BCUT2D eigenvalue weighted by atomic mass is 32.2. The van der Waals surface area contributed by atoms with Gasteiger partial charge < -0.3 is 20.7 Å². The Labute approximate surface area is 150 Å². The van der Waals surface area contributed by atoms with Gasteiger partial charge in [0, 0.05) is 43.4 Å². The van der Waals surface area contributed by atoms with E-state index in [0.29, 0.717) is 10.7 Å². The van der Waals surface area contributed by atoms with Crippen molar-refractivity contribution >= 4 is 33.0 Å². The number of rotatable bonds is 4. The second-order valence-corrected chi connectivity index (χ2v) is 7.57. The minimum Gasteiger partial charge on any atom is -0.594 e. The number of hydrogen-bond donors (Lipinski definition) is 3. The Bertz CT molecular complexity index is 914. The van der Waals surface area contributed by atoms with Gasteiger partial charge in [0.15, 0.2) is 11.6 Å². The Kier molecular flexibility index (Phi) is 4.80. The number of piperazine rings is 1. The van der Waals surface area contributed by atoms with Gasteiger partial charge in [-0.25, -0.2) is 13.6 Å². The molecule has 1 aromatic carbocycles. The van der Waals surface area contributed by atoms with Gasteiger partial charge >= 0.3 is 0 Å². The van der Waals surface area contributed by atoms with Crippen LogP contribution in [0.5, 0.6) is 0 Å². The Morgan fingerprint density at radius 2 is 1.85 bits per heavy atom. The van der Waals surface area contributed by atoms with E-state index in [4.69, 9.17) is 10.9 Å². The number of benzene rings is 1. The van der Waals surface area contributed by atoms with Gasteiger partial charge in [0.05, 0.1) is 4.90 Å². The Hall–Kier alpha value is -2.70.